The van der Waals surface area contributed by atoms with Gasteiger partial charge in [-0.3, -0.25) is 14.6 Å². The number of amides is 2. The molecule has 3 rings (SSSR count). The molecule has 0 bridgehead atoms. The monoisotopic (exact) mass is 393 g/mol. The van der Waals surface area contributed by atoms with Gasteiger partial charge in [-0.05, 0) is 38.3 Å². The Labute approximate surface area is 160 Å². The molecule has 0 N–H and O–H groups in total. The fourth-order valence-electron chi connectivity index (χ4n) is 3.87. The lowest BCUT2D eigenvalue weighted by Crippen LogP contribution is -2.41. The molecule has 0 aliphatic carbocycles. The van der Waals surface area contributed by atoms with Crippen molar-refractivity contribution in [3.8, 4) is 0 Å². The largest absolute Gasteiger partial charge is 0.337 e. The normalized spacial score (nSPS) is 22.3. The van der Waals surface area contributed by atoms with Gasteiger partial charge in [0.15, 0.2) is 9.84 Å². The second-order valence-corrected chi connectivity index (χ2v) is 9.51. The summed E-state index contributed by atoms with van der Waals surface area (Å²) in [5.74, 6) is -0.252. The van der Waals surface area contributed by atoms with Crippen molar-refractivity contribution in [1.82, 2.24) is 14.8 Å². The zero-order chi connectivity index (χ0) is 19.4. The van der Waals surface area contributed by atoms with Gasteiger partial charge < -0.3 is 9.80 Å². The lowest BCUT2D eigenvalue weighted by atomic mass is 10.1. The van der Waals surface area contributed by atoms with Gasteiger partial charge in [-0.25, -0.2) is 8.42 Å². The van der Waals surface area contributed by atoms with Gasteiger partial charge in [-0.15, -0.1) is 0 Å². The van der Waals surface area contributed by atoms with E-state index < -0.39 is 9.84 Å². The van der Waals surface area contributed by atoms with Crippen LogP contribution in [0.1, 0.15) is 59.9 Å². The van der Waals surface area contributed by atoms with E-state index in [1.165, 1.54) is 6.20 Å². The van der Waals surface area contributed by atoms with Crippen LogP contribution in [-0.4, -0.2) is 72.2 Å². The highest BCUT2D eigenvalue weighted by molar-refractivity contribution is 7.91. The molecule has 2 saturated heterocycles. The quantitative estimate of drug-likeness (QED) is 0.778. The second-order valence-electron chi connectivity index (χ2n) is 7.28. The van der Waals surface area contributed by atoms with Crippen molar-refractivity contribution in [2.45, 2.75) is 45.1 Å². The third kappa shape index (κ3) is 4.66. The minimum atomic E-state index is -3.07. The lowest BCUT2D eigenvalue weighted by molar-refractivity contribution is 0.0708. The van der Waals surface area contributed by atoms with Crippen molar-refractivity contribution in [1.29, 1.82) is 0 Å². The second kappa shape index (κ2) is 8.37. The van der Waals surface area contributed by atoms with Crippen molar-refractivity contribution in [3.05, 3.63) is 29.6 Å². The molecule has 0 saturated carbocycles. The Morgan fingerprint density at radius 3 is 2.52 bits per heavy atom. The van der Waals surface area contributed by atoms with Crippen LogP contribution in [0.5, 0.6) is 0 Å². The van der Waals surface area contributed by atoms with E-state index in [-0.39, 0.29) is 35.1 Å². The number of likely N-dealkylation sites (tertiary alicyclic amines) is 1. The zero-order valence-corrected chi connectivity index (χ0v) is 16.6. The summed E-state index contributed by atoms with van der Waals surface area (Å²) in [5, 5.41) is 0. The maximum atomic E-state index is 13.0. The zero-order valence-electron chi connectivity index (χ0n) is 15.8. The van der Waals surface area contributed by atoms with Crippen LogP contribution < -0.4 is 0 Å². The molecular weight excluding hydrogens is 366 g/mol. The smallest absolute Gasteiger partial charge is 0.272 e. The van der Waals surface area contributed by atoms with Gasteiger partial charge in [0.1, 0.15) is 5.69 Å². The fourth-order valence-corrected chi connectivity index (χ4v) is 5.60. The number of carbonyl (C=O) groups excluding carboxylic acids is 2. The Morgan fingerprint density at radius 1 is 1.22 bits per heavy atom. The molecule has 0 aromatic carbocycles. The van der Waals surface area contributed by atoms with E-state index in [9.17, 15) is 18.0 Å². The molecule has 1 atom stereocenters. The van der Waals surface area contributed by atoms with Crippen LogP contribution in [-0.2, 0) is 9.84 Å². The molecule has 2 aliphatic heterocycles. The Balaban J connectivity index is 1.77. The van der Waals surface area contributed by atoms with Crippen LogP contribution in [0.3, 0.4) is 0 Å². The van der Waals surface area contributed by atoms with E-state index in [1.807, 2.05) is 11.8 Å². The van der Waals surface area contributed by atoms with Gasteiger partial charge in [0.2, 0.25) is 0 Å². The number of rotatable bonds is 4. The summed E-state index contributed by atoms with van der Waals surface area (Å²) in [7, 11) is -3.07. The molecule has 8 heteroatoms. The van der Waals surface area contributed by atoms with Crippen molar-refractivity contribution >= 4 is 21.7 Å². The average Bonchev–Trinajstić information content (AvgIpc) is 2.87. The first kappa shape index (κ1) is 19.8. The van der Waals surface area contributed by atoms with Crippen LogP contribution in [0.25, 0.3) is 0 Å². The van der Waals surface area contributed by atoms with Crippen LogP contribution in [0.4, 0.5) is 0 Å². The highest BCUT2D eigenvalue weighted by Crippen LogP contribution is 2.20. The van der Waals surface area contributed by atoms with Gasteiger partial charge in [0.25, 0.3) is 11.8 Å². The van der Waals surface area contributed by atoms with Crippen LogP contribution in [0, 0.1) is 0 Å². The molecule has 3 heterocycles. The summed E-state index contributed by atoms with van der Waals surface area (Å²) in [6.45, 7) is 3.71. The van der Waals surface area contributed by atoms with Crippen molar-refractivity contribution < 1.29 is 18.0 Å². The Hall–Kier alpha value is -1.96. The summed E-state index contributed by atoms with van der Waals surface area (Å²) in [5.41, 5.74) is 0.659. The van der Waals surface area contributed by atoms with E-state index in [4.69, 9.17) is 0 Å². The number of carbonyl (C=O) groups is 2. The fraction of sp³-hybridized carbons (Fsp3) is 0.632. The average molecular weight is 394 g/mol. The van der Waals surface area contributed by atoms with Crippen LogP contribution in [0.15, 0.2) is 18.3 Å². The first-order valence-corrected chi connectivity index (χ1v) is 11.5. The number of sulfone groups is 1. The highest BCUT2D eigenvalue weighted by Gasteiger charge is 2.34. The molecule has 2 amide bonds. The first-order valence-electron chi connectivity index (χ1n) is 9.68. The van der Waals surface area contributed by atoms with Crippen molar-refractivity contribution in [3.63, 3.8) is 0 Å². The standard InChI is InChI=1S/C19H27N3O4S/c1-2-22(16-8-12-27(25,26)14-16)18(23)15-7-9-20-17(13-15)19(24)21-10-5-3-4-6-11-21/h7,9,13,16H,2-6,8,10-12,14H2,1H3. The van der Waals surface area contributed by atoms with E-state index in [2.05, 4.69) is 4.98 Å². The van der Waals surface area contributed by atoms with Gasteiger partial charge in [0.05, 0.1) is 11.5 Å². The minimum Gasteiger partial charge on any atom is -0.337 e. The Kier molecular flexibility index (Phi) is 6.14. The Morgan fingerprint density at radius 2 is 1.93 bits per heavy atom. The topological polar surface area (TPSA) is 87.7 Å². The van der Waals surface area contributed by atoms with E-state index in [0.717, 1.165) is 38.8 Å². The highest BCUT2D eigenvalue weighted by atomic mass is 32.2. The summed E-state index contributed by atoms with van der Waals surface area (Å²) in [4.78, 5) is 33.3. The van der Waals surface area contributed by atoms with Crippen molar-refractivity contribution in [2.24, 2.45) is 0 Å². The molecule has 0 spiro atoms. The van der Waals surface area contributed by atoms with Gasteiger partial charge in [-0.1, -0.05) is 12.8 Å². The van der Waals surface area contributed by atoms with Crippen LogP contribution in [0.2, 0.25) is 0 Å². The SMILES string of the molecule is CCN(C(=O)c1ccnc(C(=O)N2CCCCCC2)c1)C1CCS(=O)(=O)C1. The molecule has 2 aliphatic rings. The van der Waals surface area contributed by atoms with Crippen molar-refractivity contribution in [2.75, 3.05) is 31.1 Å². The van der Waals surface area contributed by atoms with Gasteiger partial charge in [-0.2, -0.15) is 0 Å². The van der Waals surface area contributed by atoms with E-state index in [0.29, 0.717) is 18.5 Å². The minimum absolute atomic E-state index is 0.0111. The van der Waals surface area contributed by atoms with Crippen LogP contribution >= 0.6 is 0 Å². The molecule has 7 nitrogen and oxygen atoms in total. The molecular formula is C19H27N3O4S. The predicted octanol–water partition coefficient (Wildman–Crippen LogP) is 1.75. The third-order valence-electron chi connectivity index (χ3n) is 5.37. The van der Waals surface area contributed by atoms with Gasteiger partial charge in [0, 0.05) is 37.4 Å². The number of pyridine rings is 1. The maximum absolute atomic E-state index is 13.0. The Bertz CT molecular complexity index is 801. The summed E-state index contributed by atoms with van der Waals surface area (Å²) < 4.78 is 23.5. The summed E-state index contributed by atoms with van der Waals surface area (Å²) >= 11 is 0. The molecule has 148 valence electrons. The third-order valence-corrected chi connectivity index (χ3v) is 7.12. The molecule has 2 fully saturated rings. The predicted molar refractivity (Wildman–Crippen MR) is 102 cm³/mol. The number of hydrogen-bond donors (Lipinski definition) is 0. The molecule has 0 radical (unpaired) electrons. The molecule has 1 unspecified atom stereocenters. The molecule has 27 heavy (non-hydrogen) atoms. The summed E-state index contributed by atoms with van der Waals surface area (Å²) in [6, 6.07) is 2.83. The maximum Gasteiger partial charge on any atom is 0.272 e. The number of hydrogen-bond acceptors (Lipinski definition) is 5. The molecule has 1 aromatic heterocycles. The van der Waals surface area contributed by atoms with Gasteiger partial charge >= 0.3 is 0 Å². The van der Waals surface area contributed by atoms with E-state index >= 15 is 0 Å². The molecule has 1 aromatic rings. The van der Waals surface area contributed by atoms with E-state index in [1.54, 1.807) is 17.0 Å². The lowest BCUT2D eigenvalue weighted by Gasteiger charge is -2.27. The summed E-state index contributed by atoms with van der Waals surface area (Å²) in [6.07, 6.45) is 6.19. The first-order chi connectivity index (χ1) is 12.9. The number of aromatic nitrogens is 1. The number of nitrogens with zero attached hydrogens (tertiary/aromatic N) is 3.